The van der Waals surface area contributed by atoms with Crippen molar-refractivity contribution in [3.63, 3.8) is 0 Å². The molecule has 0 heterocycles. The lowest BCUT2D eigenvalue weighted by molar-refractivity contribution is -0.170. The third kappa shape index (κ3) is 16.3. The summed E-state index contributed by atoms with van der Waals surface area (Å²) in [5.74, 6) is -7.05. The summed E-state index contributed by atoms with van der Waals surface area (Å²) in [6, 6.07) is 12.3. The highest BCUT2D eigenvalue weighted by Crippen LogP contribution is 2.33. The van der Waals surface area contributed by atoms with E-state index in [1.165, 1.54) is 57.6 Å². The summed E-state index contributed by atoms with van der Waals surface area (Å²) in [7, 11) is 2.26. The topological polar surface area (TPSA) is 167 Å². The quantitative estimate of drug-likeness (QED) is 0.0283. The molecule has 0 aliphatic heterocycles. The summed E-state index contributed by atoms with van der Waals surface area (Å²) in [5.41, 5.74) is 4.03. The van der Waals surface area contributed by atoms with Crippen LogP contribution in [0, 0.1) is 17.3 Å². The zero-order chi connectivity index (χ0) is 44.8. The highest BCUT2D eigenvalue weighted by atomic mass is 16.6. The minimum absolute atomic E-state index is 0.0779. The molecule has 2 rings (SSSR count). The average molecular weight is 837 g/mol. The van der Waals surface area contributed by atoms with Crippen molar-refractivity contribution in [2.24, 2.45) is 17.3 Å². The summed E-state index contributed by atoms with van der Waals surface area (Å²) in [6.45, 7) is 15.4. The molecule has 0 fully saturated rings. The Morgan fingerprint density at radius 3 is 1.73 bits per heavy atom. The van der Waals surface area contributed by atoms with Crippen molar-refractivity contribution in [1.82, 2.24) is 0 Å². The number of aryl methyl sites for hydroxylation is 3. The maximum atomic E-state index is 13.0. The van der Waals surface area contributed by atoms with Gasteiger partial charge in [0.1, 0.15) is 37.6 Å². The van der Waals surface area contributed by atoms with E-state index < -0.39 is 72.9 Å². The van der Waals surface area contributed by atoms with E-state index in [0.717, 1.165) is 50.2 Å². The highest BCUT2D eigenvalue weighted by molar-refractivity contribution is 5.95. The lowest BCUT2D eigenvalue weighted by Crippen LogP contribution is -2.45. The molecule has 2 aromatic carbocycles. The highest BCUT2D eigenvalue weighted by Gasteiger charge is 2.40. The third-order valence-corrected chi connectivity index (χ3v) is 9.91. The molecule has 13 nitrogen and oxygen atoms in total. The van der Waals surface area contributed by atoms with Crippen LogP contribution in [0.5, 0.6) is 5.75 Å². The largest absolute Gasteiger partial charge is 0.492 e. The molecule has 60 heavy (non-hydrogen) atoms. The van der Waals surface area contributed by atoms with Gasteiger partial charge in [0.05, 0.1) is 20.8 Å². The Balaban J connectivity index is 2.61. The van der Waals surface area contributed by atoms with Gasteiger partial charge in [-0.15, -0.1) is 0 Å². The number of carbonyl (C=O) groups excluding carboxylic acids is 6. The van der Waals surface area contributed by atoms with E-state index in [1.54, 1.807) is 13.0 Å². The van der Waals surface area contributed by atoms with E-state index in [1.807, 2.05) is 12.1 Å². The van der Waals surface area contributed by atoms with E-state index in [9.17, 15) is 28.8 Å². The molecule has 0 saturated heterocycles. The van der Waals surface area contributed by atoms with Crippen LogP contribution in [0.2, 0.25) is 0 Å². The molecule has 0 N–H and O–H groups in total. The van der Waals surface area contributed by atoms with Gasteiger partial charge in [-0.2, -0.15) is 0 Å². The summed E-state index contributed by atoms with van der Waals surface area (Å²) in [6.07, 6.45) is 8.69. The van der Waals surface area contributed by atoms with Crippen LogP contribution in [0.4, 0.5) is 0 Å². The summed E-state index contributed by atoms with van der Waals surface area (Å²) in [5, 5.41) is 0. The molecule has 330 valence electrons. The summed E-state index contributed by atoms with van der Waals surface area (Å²) < 4.78 is 37.9. The predicted octanol–water partition coefficient (Wildman–Crippen LogP) is 7.67. The van der Waals surface area contributed by atoms with E-state index in [-0.39, 0.29) is 24.4 Å². The SMILES string of the molecule is C=C(C)C(=O)OCCCc1cc(-c2ccc(CCCCCCC)cc2CC)ccc1OCC(COC(=O)C(=C)C)(COC(=O)C(C)C(=O)OC)COC(=O)C(C)C(=O)OC. The molecule has 0 aliphatic rings. The van der Waals surface area contributed by atoms with Gasteiger partial charge < -0.3 is 33.2 Å². The fraction of sp³-hybridized carbons (Fsp3) is 0.532. The van der Waals surface area contributed by atoms with Gasteiger partial charge in [-0.1, -0.05) is 77.0 Å². The molecule has 0 amide bonds. The van der Waals surface area contributed by atoms with Crippen molar-refractivity contribution in [1.29, 1.82) is 0 Å². The molecular weight excluding hydrogens is 773 g/mol. The first-order chi connectivity index (χ1) is 28.5. The number of unbranched alkanes of at least 4 members (excludes halogenated alkanes) is 4. The molecule has 0 radical (unpaired) electrons. The second-order valence-electron chi connectivity index (χ2n) is 15.2. The van der Waals surface area contributed by atoms with Crippen LogP contribution in [0.3, 0.4) is 0 Å². The lowest BCUT2D eigenvalue weighted by Gasteiger charge is -2.33. The van der Waals surface area contributed by atoms with Gasteiger partial charge in [-0.25, -0.2) is 9.59 Å². The Kier molecular flexibility index (Phi) is 21.9. The van der Waals surface area contributed by atoms with Crippen molar-refractivity contribution in [3.05, 3.63) is 77.4 Å². The first-order valence-corrected chi connectivity index (χ1v) is 20.5. The van der Waals surface area contributed by atoms with Gasteiger partial charge in [0, 0.05) is 11.1 Å². The molecule has 0 bridgehead atoms. The van der Waals surface area contributed by atoms with E-state index >= 15 is 0 Å². The number of methoxy groups -OCH3 is 2. The Hall–Kier alpha value is -5.46. The standard InChI is InChI=1S/C47H64O13/c1-11-13-14-15-16-18-35-20-22-39(36(12-2)25-35)37-21-23-40(38(26-37)19-17-24-56-41(48)31(3)4)57-27-47(28-58-42(49)32(5)6,29-59-45(52)33(7)43(50)54-9)30-60-46(53)34(8)44(51)55-10/h20-23,25-26,33-34H,3,5,11-19,24,27-30H2,1-2,4,6-10H3. The van der Waals surface area contributed by atoms with Crippen LogP contribution >= 0.6 is 0 Å². The van der Waals surface area contributed by atoms with Gasteiger partial charge in [-0.3, -0.25) is 19.2 Å². The molecule has 13 heteroatoms. The monoisotopic (exact) mass is 836 g/mol. The number of esters is 6. The molecule has 0 aliphatic carbocycles. The second-order valence-corrected chi connectivity index (χ2v) is 15.2. The van der Waals surface area contributed by atoms with Crippen molar-refractivity contribution < 1.29 is 61.9 Å². The number of rotatable bonds is 27. The van der Waals surface area contributed by atoms with E-state index in [0.29, 0.717) is 18.6 Å². The fourth-order valence-corrected chi connectivity index (χ4v) is 6.01. The molecule has 0 saturated carbocycles. The van der Waals surface area contributed by atoms with Gasteiger partial charge in [0.2, 0.25) is 0 Å². The molecular formula is C47H64O13. The zero-order valence-corrected chi connectivity index (χ0v) is 36.7. The van der Waals surface area contributed by atoms with Crippen molar-refractivity contribution in [2.45, 2.75) is 99.3 Å². The van der Waals surface area contributed by atoms with Crippen molar-refractivity contribution in [3.8, 4) is 16.9 Å². The maximum absolute atomic E-state index is 13.0. The van der Waals surface area contributed by atoms with Crippen molar-refractivity contribution in [2.75, 3.05) is 47.3 Å². The molecule has 2 unspecified atom stereocenters. The van der Waals surface area contributed by atoms with Crippen LogP contribution in [-0.2, 0) is 76.5 Å². The second kappa shape index (κ2) is 25.9. The lowest BCUT2D eigenvalue weighted by atomic mass is 9.91. The fourth-order valence-electron chi connectivity index (χ4n) is 6.01. The van der Waals surface area contributed by atoms with Crippen molar-refractivity contribution >= 4 is 35.8 Å². The van der Waals surface area contributed by atoms with Crippen LogP contribution < -0.4 is 4.74 Å². The van der Waals surface area contributed by atoms with Crippen LogP contribution in [-0.4, -0.2) is 83.1 Å². The Bertz CT molecular complexity index is 1770. The van der Waals surface area contributed by atoms with Crippen LogP contribution in [0.1, 0.15) is 96.8 Å². The summed E-state index contributed by atoms with van der Waals surface area (Å²) in [4.78, 5) is 75.2. The molecule has 2 aromatic rings. The minimum atomic E-state index is -1.57. The maximum Gasteiger partial charge on any atom is 0.333 e. The summed E-state index contributed by atoms with van der Waals surface area (Å²) >= 11 is 0. The van der Waals surface area contributed by atoms with Crippen LogP contribution in [0.15, 0.2) is 60.7 Å². The number of hydrogen-bond acceptors (Lipinski definition) is 13. The average Bonchev–Trinajstić information content (AvgIpc) is 3.25. The number of carbonyl (C=O) groups is 6. The first-order valence-electron chi connectivity index (χ1n) is 20.5. The third-order valence-electron chi connectivity index (χ3n) is 9.91. The Morgan fingerprint density at radius 2 is 1.18 bits per heavy atom. The van der Waals surface area contributed by atoms with E-state index in [2.05, 4.69) is 45.2 Å². The van der Waals surface area contributed by atoms with Gasteiger partial charge in [0.15, 0.2) is 11.8 Å². The molecule has 0 aromatic heterocycles. The van der Waals surface area contributed by atoms with Gasteiger partial charge >= 0.3 is 35.8 Å². The Morgan fingerprint density at radius 1 is 0.617 bits per heavy atom. The first kappa shape index (κ1) is 50.7. The van der Waals surface area contributed by atoms with Gasteiger partial charge in [-0.05, 0) is 99.7 Å². The molecule has 0 spiro atoms. The normalized spacial score (nSPS) is 12.8. The van der Waals surface area contributed by atoms with Gasteiger partial charge in [0.25, 0.3) is 0 Å². The Labute approximate surface area is 355 Å². The number of hydrogen-bond donors (Lipinski definition) is 0. The van der Waals surface area contributed by atoms with E-state index in [4.69, 9.17) is 33.2 Å². The number of benzene rings is 2. The number of ether oxygens (including phenoxy) is 7. The molecule has 2 atom stereocenters. The van der Waals surface area contributed by atoms with Crippen LogP contribution in [0.25, 0.3) is 11.1 Å². The predicted molar refractivity (Wildman–Crippen MR) is 226 cm³/mol. The minimum Gasteiger partial charge on any atom is -0.492 e. The smallest absolute Gasteiger partial charge is 0.333 e. The zero-order valence-electron chi connectivity index (χ0n) is 36.7.